The van der Waals surface area contributed by atoms with E-state index in [2.05, 4.69) is 5.32 Å². The van der Waals surface area contributed by atoms with E-state index in [1.54, 1.807) is 12.1 Å². The minimum Gasteiger partial charge on any atom is -0.352 e. The molecule has 0 saturated carbocycles. The molecule has 0 bridgehead atoms. The third kappa shape index (κ3) is 4.32. The number of halogens is 1. The quantitative estimate of drug-likeness (QED) is 0.822. The summed E-state index contributed by atoms with van der Waals surface area (Å²) in [4.78, 5) is 11.4. The van der Waals surface area contributed by atoms with E-state index in [0.717, 1.165) is 0 Å². The molecule has 140 valence electrons. The zero-order valence-corrected chi connectivity index (χ0v) is 15.2. The van der Waals surface area contributed by atoms with Crippen LogP contribution in [0.15, 0.2) is 53.4 Å². The van der Waals surface area contributed by atoms with E-state index in [-0.39, 0.29) is 35.5 Å². The van der Waals surface area contributed by atoms with Gasteiger partial charge in [-0.15, -0.1) is 0 Å². The van der Waals surface area contributed by atoms with Gasteiger partial charge in [0.05, 0.1) is 10.5 Å². The van der Waals surface area contributed by atoms with Gasteiger partial charge in [0, 0.05) is 25.6 Å². The summed E-state index contributed by atoms with van der Waals surface area (Å²) in [5.41, 5.74) is 0.663. The molecule has 1 saturated heterocycles. The minimum atomic E-state index is -3.99. The Hall–Kier alpha value is -2.76. The molecule has 1 amide bonds. The lowest BCUT2D eigenvalue weighted by atomic mass is 10.2. The number of benzene rings is 2. The molecule has 1 aliphatic rings. The summed E-state index contributed by atoms with van der Waals surface area (Å²) >= 11 is 0. The molecule has 0 aliphatic carbocycles. The lowest BCUT2D eigenvalue weighted by molar-refractivity contribution is -0.119. The van der Waals surface area contributed by atoms with Crippen molar-refractivity contribution < 1.29 is 17.6 Å². The molecule has 1 aliphatic heterocycles. The van der Waals surface area contributed by atoms with Gasteiger partial charge in [0.1, 0.15) is 11.9 Å². The second-order valence-electron chi connectivity index (χ2n) is 6.34. The van der Waals surface area contributed by atoms with Gasteiger partial charge in [0.15, 0.2) is 0 Å². The molecular formula is C19H18FN3O3S. The maximum absolute atomic E-state index is 13.2. The SMILES string of the molecule is N#Cc1ccccc1S(=O)(=O)N(Cc1ccc(F)cc1)C[C@@H]1CCC(=O)N1. The van der Waals surface area contributed by atoms with Gasteiger partial charge in [0.25, 0.3) is 0 Å². The minimum absolute atomic E-state index is 0.00868. The van der Waals surface area contributed by atoms with E-state index < -0.39 is 15.8 Å². The second-order valence-corrected chi connectivity index (χ2v) is 8.24. The highest BCUT2D eigenvalue weighted by Gasteiger charge is 2.31. The van der Waals surface area contributed by atoms with Crippen LogP contribution in [0, 0.1) is 17.1 Å². The van der Waals surface area contributed by atoms with E-state index in [1.165, 1.54) is 40.7 Å². The first kappa shape index (κ1) is 19.0. The summed E-state index contributed by atoms with van der Waals surface area (Å²) in [7, 11) is -3.99. The first-order chi connectivity index (χ1) is 12.9. The lowest BCUT2D eigenvalue weighted by Crippen LogP contribution is -2.41. The highest BCUT2D eigenvalue weighted by Crippen LogP contribution is 2.23. The van der Waals surface area contributed by atoms with E-state index >= 15 is 0 Å². The van der Waals surface area contributed by atoms with Crippen LogP contribution in [-0.4, -0.2) is 31.2 Å². The second kappa shape index (κ2) is 7.86. The number of nitriles is 1. The Kier molecular flexibility index (Phi) is 5.54. The average Bonchev–Trinajstić information content (AvgIpc) is 3.07. The fraction of sp³-hybridized carbons (Fsp3) is 0.263. The summed E-state index contributed by atoms with van der Waals surface area (Å²) in [6.07, 6.45) is 0.887. The van der Waals surface area contributed by atoms with Crippen LogP contribution in [0.1, 0.15) is 24.0 Å². The van der Waals surface area contributed by atoms with Crippen LogP contribution >= 0.6 is 0 Å². The molecule has 1 heterocycles. The molecule has 6 nitrogen and oxygen atoms in total. The molecule has 1 N–H and O–H groups in total. The van der Waals surface area contributed by atoms with Crippen molar-refractivity contribution in [1.29, 1.82) is 5.26 Å². The first-order valence-corrected chi connectivity index (χ1v) is 9.87. The van der Waals surface area contributed by atoms with Crippen molar-refractivity contribution in [3.8, 4) is 6.07 Å². The standard InChI is InChI=1S/C19H18FN3O3S/c20-16-7-5-14(6-8-16)12-23(13-17-9-10-19(24)22-17)27(25,26)18-4-2-1-3-15(18)11-21/h1-8,17H,9-10,12-13H2,(H,22,24)/t17-/m0/s1. The van der Waals surface area contributed by atoms with Crippen molar-refractivity contribution in [1.82, 2.24) is 9.62 Å². The van der Waals surface area contributed by atoms with Gasteiger partial charge in [-0.05, 0) is 36.2 Å². The highest BCUT2D eigenvalue weighted by molar-refractivity contribution is 7.89. The summed E-state index contributed by atoms with van der Waals surface area (Å²) in [5.74, 6) is -0.525. The van der Waals surface area contributed by atoms with Crippen LogP contribution in [0.4, 0.5) is 4.39 Å². The molecule has 8 heteroatoms. The Morgan fingerprint density at radius 3 is 2.52 bits per heavy atom. The number of hydrogen-bond donors (Lipinski definition) is 1. The Labute approximate surface area is 157 Å². The molecule has 3 rings (SSSR count). The van der Waals surface area contributed by atoms with Crippen molar-refractivity contribution in [2.24, 2.45) is 0 Å². The molecule has 2 aromatic rings. The number of amides is 1. The number of carbonyl (C=O) groups excluding carboxylic acids is 1. The van der Waals surface area contributed by atoms with E-state index in [1.807, 2.05) is 6.07 Å². The summed E-state index contributed by atoms with van der Waals surface area (Å²) in [6.45, 7) is 0.0833. The summed E-state index contributed by atoms with van der Waals surface area (Å²) in [5, 5.41) is 12.0. The van der Waals surface area contributed by atoms with Crippen LogP contribution in [0.3, 0.4) is 0 Å². The van der Waals surface area contributed by atoms with Crippen molar-refractivity contribution in [2.75, 3.05) is 6.54 Å². The van der Waals surface area contributed by atoms with Crippen LogP contribution in [0.25, 0.3) is 0 Å². The smallest absolute Gasteiger partial charge is 0.244 e. The van der Waals surface area contributed by atoms with E-state index in [9.17, 15) is 22.9 Å². The third-order valence-corrected chi connectivity index (χ3v) is 6.28. The normalized spacial score (nSPS) is 16.9. The zero-order chi connectivity index (χ0) is 19.4. The average molecular weight is 387 g/mol. The van der Waals surface area contributed by atoms with Crippen molar-refractivity contribution in [3.05, 3.63) is 65.5 Å². The predicted octanol–water partition coefficient (Wildman–Crippen LogP) is 2.17. The number of carbonyl (C=O) groups is 1. The number of sulfonamides is 1. The highest BCUT2D eigenvalue weighted by atomic mass is 32.2. The molecule has 0 radical (unpaired) electrons. The largest absolute Gasteiger partial charge is 0.352 e. The molecule has 0 unspecified atom stereocenters. The Bertz CT molecular complexity index is 984. The van der Waals surface area contributed by atoms with Gasteiger partial charge in [-0.3, -0.25) is 4.79 Å². The number of hydrogen-bond acceptors (Lipinski definition) is 4. The van der Waals surface area contributed by atoms with E-state index in [4.69, 9.17) is 0 Å². The fourth-order valence-electron chi connectivity index (χ4n) is 3.02. The Morgan fingerprint density at radius 2 is 1.89 bits per heavy atom. The summed E-state index contributed by atoms with van der Waals surface area (Å²) < 4.78 is 40.9. The van der Waals surface area contributed by atoms with E-state index in [0.29, 0.717) is 18.4 Å². The molecule has 0 aromatic heterocycles. The fourth-order valence-corrected chi connectivity index (χ4v) is 4.64. The lowest BCUT2D eigenvalue weighted by Gasteiger charge is -2.25. The summed E-state index contributed by atoms with van der Waals surface area (Å²) in [6, 6.07) is 13.1. The van der Waals surface area contributed by atoms with Crippen LogP contribution in [-0.2, 0) is 21.4 Å². The molecule has 1 atom stereocenters. The van der Waals surface area contributed by atoms with Crippen molar-refractivity contribution in [2.45, 2.75) is 30.3 Å². The number of rotatable bonds is 6. The van der Waals surface area contributed by atoms with Gasteiger partial charge in [0.2, 0.25) is 15.9 Å². The van der Waals surface area contributed by atoms with Gasteiger partial charge in [-0.1, -0.05) is 24.3 Å². The van der Waals surface area contributed by atoms with Gasteiger partial charge in [-0.2, -0.15) is 9.57 Å². The Morgan fingerprint density at radius 1 is 1.19 bits per heavy atom. The maximum atomic E-state index is 13.2. The van der Waals surface area contributed by atoms with Crippen molar-refractivity contribution >= 4 is 15.9 Å². The maximum Gasteiger partial charge on any atom is 0.244 e. The van der Waals surface area contributed by atoms with Crippen LogP contribution in [0.2, 0.25) is 0 Å². The van der Waals surface area contributed by atoms with Crippen LogP contribution in [0.5, 0.6) is 0 Å². The molecule has 1 fully saturated rings. The molecule has 2 aromatic carbocycles. The molecular weight excluding hydrogens is 369 g/mol. The van der Waals surface area contributed by atoms with Crippen molar-refractivity contribution in [3.63, 3.8) is 0 Å². The Balaban J connectivity index is 1.95. The van der Waals surface area contributed by atoms with Gasteiger partial charge >= 0.3 is 0 Å². The monoisotopic (exact) mass is 387 g/mol. The number of nitrogens with zero attached hydrogens (tertiary/aromatic N) is 2. The van der Waals surface area contributed by atoms with Gasteiger partial charge in [-0.25, -0.2) is 12.8 Å². The first-order valence-electron chi connectivity index (χ1n) is 8.43. The third-order valence-electron chi connectivity index (χ3n) is 4.41. The van der Waals surface area contributed by atoms with Gasteiger partial charge < -0.3 is 5.32 Å². The zero-order valence-electron chi connectivity index (χ0n) is 14.4. The topological polar surface area (TPSA) is 90.3 Å². The molecule has 27 heavy (non-hydrogen) atoms. The number of nitrogens with one attached hydrogen (secondary N) is 1. The predicted molar refractivity (Wildman–Crippen MR) is 96.3 cm³/mol. The van der Waals surface area contributed by atoms with Crippen LogP contribution < -0.4 is 5.32 Å². The molecule has 0 spiro atoms.